The van der Waals surface area contributed by atoms with Gasteiger partial charge < -0.3 is 4.74 Å². The van der Waals surface area contributed by atoms with Gasteiger partial charge in [0.1, 0.15) is 23.2 Å². The summed E-state index contributed by atoms with van der Waals surface area (Å²) in [6.07, 6.45) is 0. The van der Waals surface area contributed by atoms with Crippen LogP contribution >= 0.6 is 23.2 Å². The van der Waals surface area contributed by atoms with Crippen LogP contribution in [0.3, 0.4) is 0 Å². The molecule has 3 rings (SSSR count). The average Bonchev–Trinajstić information content (AvgIpc) is 2.70. The first-order valence-corrected chi connectivity index (χ1v) is 11.5. The summed E-state index contributed by atoms with van der Waals surface area (Å²) in [5.41, 5.74) is 0. The molecule has 128 valence electrons. The molecule has 0 heterocycles. The first kappa shape index (κ1) is 18.3. The number of hydrogen-bond acceptors (Lipinski definition) is 1. The SMILES string of the molecule is CCOC(CBr)[P+](c1ccccc1)(c1ccccc1)c1ccccc1. The summed E-state index contributed by atoms with van der Waals surface area (Å²) in [5, 5.41) is 4.86. The van der Waals surface area contributed by atoms with E-state index in [9.17, 15) is 0 Å². The van der Waals surface area contributed by atoms with Crippen molar-refractivity contribution >= 4 is 39.1 Å². The number of ether oxygens (including phenoxy) is 1. The Balaban J connectivity index is 2.35. The predicted molar refractivity (Wildman–Crippen MR) is 114 cm³/mol. The van der Waals surface area contributed by atoms with Crippen LogP contribution in [0, 0.1) is 0 Å². The molecule has 1 nitrogen and oxygen atoms in total. The quantitative estimate of drug-likeness (QED) is 0.401. The van der Waals surface area contributed by atoms with E-state index in [0.29, 0.717) is 6.61 Å². The van der Waals surface area contributed by atoms with Crippen LogP contribution < -0.4 is 15.9 Å². The first-order valence-electron chi connectivity index (χ1n) is 8.57. The third-order valence-corrected chi connectivity index (χ3v) is 10.0. The van der Waals surface area contributed by atoms with Crippen LogP contribution in [0.4, 0.5) is 0 Å². The molecular weight excluding hydrogens is 391 g/mol. The number of rotatable bonds is 7. The van der Waals surface area contributed by atoms with Crippen molar-refractivity contribution in [3.63, 3.8) is 0 Å². The Morgan fingerprint density at radius 2 is 1.08 bits per heavy atom. The van der Waals surface area contributed by atoms with Crippen molar-refractivity contribution in [2.75, 3.05) is 11.9 Å². The second-order valence-corrected chi connectivity index (χ2v) is 10.0. The molecule has 0 saturated heterocycles. The fourth-order valence-electron chi connectivity index (χ4n) is 3.39. The molecule has 0 aliphatic carbocycles. The largest absolute Gasteiger partial charge is 0.342 e. The summed E-state index contributed by atoms with van der Waals surface area (Å²) in [6.45, 7) is 2.77. The normalized spacial score (nSPS) is 12.7. The highest BCUT2D eigenvalue weighted by molar-refractivity contribution is 9.09. The van der Waals surface area contributed by atoms with Crippen LogP contribution in [-0.2, 0) is 4.74 Å². The van der Waals surface area contributed by atoms with E-state index in [2.05, 4.69) is 114 Å². The van der Waals surface area contributed by atoms with Gasteiger partial charge in [0.2, 0.25) is 0 Å². The maximum atomic E-state index is 6.32. The molecule has 0 amide bonds. The lowest BCUT2D eigenvalue weighted by atomic mass is 10.4. The zero-order valence-corrected chi connectivity index (χ0v) is 16.9. The van der Waals surface area contributed by atoms with Crippen molar-refractivity contribution in [2.24, 2.45) is 0 Å². The molecular formula is C22H23BrOP+. The summed E-state index contributed by atoms with van der Waals surface area (Å²) >= 11 is 3.75. The Labute approximate surface area is 159 Å². The monoisotopic (exact) mass is 413 g/mol. The average molecular weight is 414 g/mol. The van der Waals surface area contributed by atoms with E-state index in [-0.39, 0.29) is 5.85 Å². The van der Waals surface area contributed by atoms with Gasteiger partial charge in [-0.25, -0.2) is 0 Å². The van der Waals surface area contributed by atoms with E-state index < -0.39 is 7.26 Å². The summed E-state index contributed by atoms with van der Waals surface area (Å²) < 4.78 is 6.32. The summed E-state index contributed by atoms with van der Waals surface area (Å²) in [7, 11) is -1.95. The third kappa shape index (κ3) is 3.58. The van der Waals surface area contributed by atoms with Crippen molar-refractivity contribution < 1.29 is 4.74 Å². The van der Waals surface area contributed by atoms with Gasteiger partial charge in [0.05, 0.1) is 5.33 Å². The Bertz CT molecular complexity index is 665. The van der Waals surface area contributed by atoms with Gasteiger partial charge in [0.15, 0.2) is 5.85 Å². The molecule has 0 N–H and O–H groups in total. The molecule has 1 unspecified atom stereocenters. The molecule has 0 radical (unpaired) electrons. The van der Waals surface area contributed by atoms with Gasteiger partial charge >= 0.3 is 0 Å². The number of halogens is 1. The number of alkyl halides is 1. The van der Waals surface area contributed by atoms with Gasteiger partial charge in [-0.15, -0.1) is 0 Å². The molecule has 0 aliphatic rings. The van der Waals surface area contributed by atoms with Crippen LogP contribution in [-0.4, -0.2) is 17.8 Å². The highest BCUT2D eigenvalue weighted by Crippen LogP contribution is 2.60. The van der Waals surface area contributed by atoms with Crippen molar-refractivity contribution in [1.29, 1.82) is 0 Å². The molecule has 1 atom stereocenters. The lowest BCUT2D eigenvalue weighted by molar-refractivity contribution is 0.137. The zero-order chi connectivity index (χ0) is 17.5. The smallest absolute Gasteiger partial charge is 0.190 e. The number of hydrogen-bond donors (Lipinski definition) is 0. The second kappa shape index (κ2) is 8.76. The van der Waals surface area contributed by atoms with Gasteiger partial charge in [-0.05, 0) is 43.3 Å². The van der Waals surface area contributed by atoms with E-state index in [1.165, 1.54) is 15.9 Å². The van der Waals surface area contributed by atoms with E-state index in [0.717, 1.165) is 5.33 Å². The minimum Gasteiger partial charge on any atom is -0.342 e. The Morgan fingerprint density at radius 3 is 1.36 bits per heavy atom. The molecule has 0 bridgehead atoms. The topological polar surface area (TPSA) is 9.23 Å². The molecule has 25 heavy (non-hydrogen) atoms. The highest BCUT2D eigenvalue weighted by atomic mass is 79.9. The Hall–Kier alpha value is -1.47. The van der Waals surface area contributed by atoms with Crippen LogP contribution in [0.5, 0.6) is 0 Å². The lowest BCUT2D eigenvalue weighted by Gasteiger charge is -2.33. The van der Waals surface area contributed by atoms with Crippen LogP contribution in [0.25, 0.3) is 0 Å². The van der Waals surface area contributed by atoms with Crippen molar-refractivity contribution in [1.82, 2.24) is 0 Å². The Morgan fingerprint density at radius 1 is 0.720 bits per heavy atom. The third-order valence-electron chi connectivity index (χ3n) is 4.41. The van der Waals surface area contributed by atoms with Crippen LogP contribution in [0.2, 0.25) is 0 Å². The maximum Gasteiger partial charge on any atom is 0.190 e. The lowest BCUT2D eigenvalue weighted by Crippen LogP contribution is -2.40. The van der Waals surface area contributed by atoms with Gasteiger partial charge in [-0.1, -0.05) is 70.5 Å². The molecule has 0 aromatic heterocycles. The summed E-state index contributed by atoms with van der Waals surface area (Å²) in [5.74, 6) is 0.0877. The minimum atomic E-state index is -1.95. The van der Waals surface area contributed by atoms with Crippen LogP contribution in [0.1, 0.15) is 6.92 Å². The molecule has 0 fully saturated rings. The minimum absolute atomic E-state index is 0.0877. The standard InChI is InChI=1S/C22H23BrOP/c1-2-24-22(18-23)25(19-12-6-3-7-13-19,20-14-8-4-9-15-20)21-16-10-5-11-17-21/h3-17,22H,2,18H2,1H3/q+1. The van der Waals surface area contributed by atoms with E-state index >= 15 is 0 Å². The van der Waals surface area contributed by atoms with Gasteiger partial charge in [0.25, 0.3) is 0 Å². The van der Waals surface area contributed by atoms with Gasteiger partial charge in [0, 0.05) is 6.61 Å². The second-order valence-electron chi connectivity index (χ2n) is 5.79. The first-order chi connectivity index (χ1) is 12.3. The fraction of sp³-hybridized carbons (Fsp3) is 0.182. The molecule has 0 aliphatic heterocycles. The summed E-state index contributed by atoms with van der Waals surface area (Å²) in [6, 6.07) is 32.6. The summed E-state index contributed by atoms with van der Waals surface area (Å²) in [4.78, 5) is 0. The fourth-order valence-corrected chi connectivity index (χ4v) is 9.28. The molecule has 3 heteroatoms. The number of benzene rings is 3. The van der Waals surface area contributed by atoms with Gasteiger partial charge in [-0.3, -0.25) is 0 Å². The molecule has 3 aromatic carbocycles. The van der Waals surface area contributed by atoms with Crippen molar-refractivity contribution in [2.45, 2.75) is 12.8 Å². The van der Waals surface area contributed by atoms with Crippen LogP contribution in [0.15, 0.2) is 91.0 Å². The molecule has 0 saturated carbocycles. The maximum absolute atomic E-state index is 6.32. The van der Waals surface area contributed by atoms with Gasteiger partial charge in [-0.2, -0.15) is 0 Å². The van der Waals surface area contributed by atoms with E-state index in [4.69, 9.17) is 4.74 Å². The molecule has 3 aromatic rings. The Kier molecular flexibility index (Phi) is 6.42. The van der Waals surface area contributed by atoms with E-state index in [1.807, 2.05) is 0 Å². The highest BCUT2D eigenvalue weighted by Gasteiger charge is 2.52. The predicted octanol–water partition coefficient (Wildman–Crippen LogP) is 4.74. The van der Waals surface area contributed by atoms with Crippen molar-refractivity contribution in [3.05, 3.63) is 91.0 Å². The zero-order valence-electron chi connectivity index (χ0n) is 14.4. The van der Waals surface area contributed by atoms with Crippen molar-refractivity contribution in [3.8, 4) is 0 Å². The van der Waals surface area contributed by atoms with E-state index in [1.54, 1.807) is 0 Å². The molecule has 0 spiro atoms.